The molecule has 0 radical (unpaired) electrons. The lowest BCUT2D eigenvalue weighted by molar-refractivity contribution is 0.113. The maximum Gasteiger partial charge on any atom is 0.137 e. The van der Waals surface area contributed by atoms with E-state index < -0.39 is 18.0 Å². The molecule has 0 amide bonds. The van der Waals surface area contributed by atoms with Crippen LogP contribution in [0.15, 0.2) is 23.1 Å². The molecule has 0 aliphatic heterocycles. The molecule has 0 heterocycles. The molecule has 90 valence electrons. The fourth-order valence-electron chi connectivity index (χ4n) is 1.13. The van der Waals surface area contributed by atoms with Crippen molar-refractivity contribution in [1.82, 2.24) is 0 Å². The van der Waals surface area contributed by atoms with Crippen molar-refractivity contribution in [2.24, 2.45) is 0 Å². The summed E-state index contributed by atoms with van der Waals surface area (Å²) in [5.74, 6) is -0.185. The minimum absolute atomic E-state index is 0.238. The third kappa shape index (κ3) is 3.75. The van der Waals surface area contributed by atoms with Gasteiger partial charge in [0.2, 0.25) is 0 Å². The molecule has 3 nitrogen and oxygen atoms in total. The Bertz CT molecular complexity index is 344. The zero-order chi connectivity index (χ0) is 12.1. The van der Waals surface area contributed by atoms with E-state index in [1.165, 1.54) is 6.07 Å². The molecule has 2 atom stereocenters. The van der Waals surface area contributed by atoms with Crippen LogP contribution in [-0.4, -0.2) is 33.8 Å². The summed E-state index contributed by atoms with van der Waals surface area (Å²) in [5, 5.41) is 27.0. The number of thioether (sulfide) groups is 1. The molecule has 1 unspecified atom stereocenters. The summed E-state index contributed by atoms with van der Waals surface area (Å²) in [6.07, 6.45) is -1.54. The molecule has 0 fully saturated rings. The Morgan fingerprint density at radius 1 is 1.38 bits per heavy atom. The van der Waals surface area contributed by atoms with Crippen LogP contribution in [0, 0.1) is 5.82 Å². The number of benzene rings is 1. The number of aliphatic hydroxyl groups is 3. The van der Waals surface area contributed by atoms with Crippen molar-refractivity contribution in [2.45, 2.75) is 24.0 Å². The van der Waals surface area contributed by atoms with Gasteiger partial charge in [0, 0.05) is 10.6 Å². The second kappa shape index (κ2) is 6.20. The molecule has 3 N–H and O–H groups in total. The van der Waals surface area contributed by atoms with Crippen molar-refractivity contribution in [3.05, 3.63) is 29.6 Å². The van der Waals surface area contributed by atoms with Gasteiger partial charge in [0.15, 0.2) is 0 Å². The van der Waals surface area contributed by atoms with Crippen molar-refractivity contribution < 1.29 is 19.7 Å². The monoisotopic (exact) mass is 246 g/mol. The van der Waals surface area contributed by atoms with Gasteiger partial charge in [-0.1, -0.05) is 6.07 Å². The highest BCUT2D eigenvalue weighted by Gasteiger charge is 2.09. The first-order valence-corrected chi connectivity index (χ1v) is 5.92. The molecule has 0 aromatic heterocycles. The van der Waals surface area contributed by atoms with Crippen LogP contribution < -0.4 is 0 Å². The van der Waals surface area contributed by atoms with Gasteiger partial charge < -0.3 is 15.3 Å². The molecule has 0 saturated carbocycles. The number of rotatable bonds is 5. The van der Waals surface area contributed by atoms with E-state index in [0.717, 1.165) is 11.8 Å². The summed E-state index contributed by atoms with van der Waals surface area (Å²) in [7, 11) is 0. The first kappa shape index (κ1) is 13.4. The standard InChI is InChI=1S/C11H15FO3S/c1-7(14)8-2-3-11(10(12)4-8)16-6-9(15)5-13/h2-4,7,9,13-15H,5-6H2,1H3/t7-,9?/m0/s1. The van der Waals surface area contributed by atoms with E-state index in [2.05, 4.69) is 0 Å². The van der Waals surface area contributed by atoms with Crippen molar-refractivity contribution in [3.63, 3.8) is 0 Å². The van der Waals surface area contributed by atoms with Gasteiger partial charge in [-0.05, 0) is 24.6 Å². The molecule has 0 spiro atoms. The minimum Gasteiger partial charge on any atom is -0.394 e. The third-order valence-electron chi connectivity index (χ3n) is 2.08. The van der Waals surface area contributed by atoms with E-state index in [9.17, 15) is 9.50 Å². The fourth-order valence-corrected chi connectivity index (χ4v) is 1.97. The highest BCUT2D eigenvalue weighted by molar-refractivity contribution is 7.99. The molecule has 1 aromatic rings. The van der Waals surface area contributed by atoms with Crippen molar-refractivity contribution in [3.8, 4) is 0 Å². The van der Waals surface area contributed by atoms with E-state index in [4.69, 9.17) is 10.2 Å². The summed E-state index contributed by atoms with van der Waals surface area (Å²) >= 11 is 1.13. The van der Waals surface area contributed by atoms with Gasteiger partial charge in [-0.3, -0.25) is 0 Å². The predicted octanol–water partition coefficient (Wildman–Crippen LogP) is 1.32. The predicted molar refractivity (Wildman–Crippen MR) is 60.9 cm³/mol. The SMILES string of the molecule is C[C@H](O)c1ccc(SCC(O)CO)c(F)c1. The number of hydrogen-bond donors (Lipinski definition) is 3. The maximum absolute atomic E-state index is 13.5. The van der Waals surface area contributed by atoms with E-state index >= 15 is 0 Å². The Hall–Kier alpha value is -0.620. The Kier molecular flexibility index (Phi) is 5.21. The quantitative estimate of drug-likeness (QED) is 0.686. The smallest absolute Gasteiger partial charge is 0.137 e. The lowest BCUT2D eigenvalue weighted by Gasteiger charge is -2.09. The van der Waals surface area contributed by atoms with Gasteiger partial charge in [0.05, 0.1) is 18.8 Å². The van der Waals surface area contributed by atoms with Crippen molar-refractivity contribution >= 4 is 11.8 Å². The molecule has 0 saturated heterocycles. The average Bonchev–Trinajstić information content (AvgIpc) is 2.26. The minimum atomic E-state index is -0.846. The largest absolute Gasteiger partial charge is 0.394 e. The Balaban J connectivity index is 2.68. The second-order valence-corrected chi connectivity index (χ2v) is 4.58. The maximum atomic E-state index is 13.5. The first-order chi connectivity index (χ1) is 7.54. The normalized spacial score (nSPS) is 14.8. The number of hydrogen-bond acceptors (Lipinski definition) is 4. The van der Waals surface area contributed by atoms with E-state index in [1.54, 1.807) is 19.1 Å². The van der Waals surface area contributed by atoms with Gasteiger partial charge in [-0.2, -0.15) is 0 Å². The number of halogens is 1. The molecular weight excluding hydrogens is 231 g/mol. The van der Waals surface area contributed by atoms with Crippen LogP contribution in [-0.2, 0) is 0 Å². The van der Waals surface area contributed by atoms with Gasteiger partial charge in [0.25, 0.3) is 0 Å². The highest BCUT2D eigenvalue weighted by Crippen LogP contribution is 2.25. The molecule has 0 aliphatic carbocycles. The first-order valence-electron chi connectivity index (χ1n) is 4.93. The van der Waals surface area contributed by atoms with E-state index in [0.29, 0.717) is 10.5 Å². The van der Waals surface area contributed by atoms with Crippen LogP contribution >= 0.6 is 11.8 Å². The number of aliphatic hydroxyl groups excluding tert-OH is 3. The average molecular weight is 246 g/mol. The zero-order valence-electron chi connectivity index (χ0n) is 8.93. The molecule has 1 aromatic carbocycles. The second-order valence-electron chi connectivity index (χ2n) is 3.51. The van der Waals surface area contributed by atoms with Gasteiger partial charge >= 0.3 is 0 Å². The highest BCUT2D eigenvalue weighted by atomic mass is 32.2. The van der Waals surface area contributed by atoms with Gasteiger partial charge in [-0.25, -0.2) is 4.39 Å². The lowest BCUT2D eigenvalue weighted by atomic mass is 10.1. The van der Waals surface area contributed by atoms with Crippen LogP contribution in [0.2, 0.25) is 0 Å². The summed E-state index contributed by atoms with van der Waals surface area (Å²) in [5.41, 5.74) is 0.518. The summed E-state index contributed by atoms with van der Waals surface area (Å²) in [6.45, 7) is 1.23. The summed E-state index contributed by atoms with van der Waals surface area (Å²) in [6, 6.07) is 4.48. The topological polar surface area (TPSA) is 60.7 Å². The Morgan fingerprint density at radius 3 is 2.56 bits per heavy atom. The van der Waals surface area contributed by atoms with Crippen LogP contribution in [0.1, 0.15) is 18.6 Å². The molecule has 1 rings (SSSR count). The summed E-state index contributed by atoms with van der Waals surface area (Å²) in [4.78, 5) is 0.400. The molecule has 16 heavy (non-hydrogen) atoms. The van der Waals surface area contributed by atoms with E-state index in [1.807, 2.05) is 0 Å². The molecule has 0 aliphatic rings. The molecule has 0 bridgehead atoms. The molecular formula is C11H15FO3S. The third-order valence-corrected chi connectivity index (χ3v) is 3.27. The Labute approximate surface area is 97.9 Å². The zero-order valence-corrected chi connectivity index (χ0v) is 9.75. The van der Waals surface area contributed by atoms with Crippen molar-refractivity contribution in [1.29, 1.82) is 0 Å². The van der Waals surface area contributed by atoms with Gasteiger partial charge in [-0.15, -0.1) is 11.8 Å². The van der Waals surface area contributed by atoms with Crippen LogP contribution in [0.4, 0.5) is 4.39 Å². The van der Waals surface area contributed by atoms with Crippen LogP contribution in [0.5, 0.6) is 0 Å². The lowest BCUT2D eigenvalue weighted by Crippen LogP contribution is -2.14. The van der Waals surface area contributed by atoms with E-state index in [-0.39, 0.29) is 12.4 Å². The van der Waals surface area contributed by atoms with Gasteiger partial charge in [0.1, 0.15) is 5.82 Å². The van der Waals surface area contributed by atoms with Crippen molar-refractivity contribution in [2.75, 3.05) is 12.4 Å². The summed E-state index contributed by atoms with van der Waals surface area (Å²) < 4.78 is 13.5. The fraction of sp³-hybridized carbons (Fsp3) is 0.455. The molecule has 5 heteroatoms. The van der Waals surface area contributed by atoms with Crippen LogP contribution in [0.25, 0.3) is 0 Å². The Morgan fingerprint density at radius 2 is 2.06 bits per heavy atom. The van der Waals surface area contributed by atoms with Crippen LogP contribution in [0.3, 0.4) is 0 Å².